The summed E-state index contributed by atoms with van der Waals surface area (Å²) in [6.07, 6.45) is 6.87. The second kappa shape index (κ2) is 6.22. The van der Waals surface area contributed by atoms with E-state index in [0.717, 1.165) is 25.9 Å². The Morgan fingerprint density at radius 3 is 2.62 bits per heavy atom. The summed E-state index contributed by atoms with van der Waals surface area (Å²) >= 11 is 5.80. The third kappa shape index (κ3) is 3.39. The molecule has 0 amide bonds. The van der Waals surface area contributed by atoms with Gasteiger partial charge in [-0.1, -0.05) is 11.6 Å². The van der Waals surface area contributed by atoms with Gasteiger partial charge in [-0.3, -0.25) is 4.79 Å². The minimum Gasteiger partial charge on any atom is -0.341 e. The highest BCUT2D eigenvalue weighted by Crippen LogP contribution is 2.21. The Bertz CT molecular complexity index is 649. The number of hydrogen-bond acceptors (Lipinski definition) is 5. The molecule has 0 unspecified atom stereocenters. The smallest absolute Gasteiger partial charge is 0.266 e. The van der Waals surface area contributed by atoms with Gasteiger partial charge in [0, 0.05) is 31.9 Å². The van der Waals surface area contributed by atoms with Crippen LogP contribution in [0.15, 0.2) is 35.5 Å². The van der Waals surface area contributed by atoms with Crippen molar-refractivity contribution in [2.75, 3.05) is 18.0 Å². The van der Waals surface area contributed by atoms with Gasteiger partial charge in [-0.2, -0.15) is 5.10 Å². The predicted molar refractivity (Wildman–Crippen MR) is 80.5 cm³/mol. The molecule has 1 saturated heterocycles. The first kappa shape index (κ1) is 14.0. The molecule has 0 bridgehead atoms. The number of anilines is 1. The second-order valence-electron chi connectivity index (χ2n) is 5.18. The largest absolute Gasteiger partial charge is 0.341 e. The van der Waals surface area contributed by atoms with Crippen LogP contribution in [0.3, 0.4) is 0 Å². The van der Waals surface area contributed by atoms with Gasteiger partial charge in [-0.25, -0.2) is 14.6 Å². The summed E-state index contributed by atoms with van der Waals surface area (Å²) in [4.78, 5) is 22.3. The molecule has 0 aromatic carbocycles. The lowest BCUT2D eigenvalue weighted by atomic mass is 9.97. The molecule has 2 aromatic heterocycles. The van der Waals surface area contributed by atoms with E-state index in [1.807, 2.05) is 0 Å². The fourth-order valence-electron chi connectivity index (χ4n) is 2.55. The highest BCUT2D eigenvalue weighted by atomic mass is 35.5. The molecule has 0 radical (unpaired) electrons. The molecular formula is C14H16ClN5O. The van der Waals surface area contributed by atoms with Gasteiger partial charge in [-0.05, 0) is 24.8 Å². The van der Waals surface area contributed by atoms with E-state index >= 15 is 0 Å². The molecule has 0 atom stereocenters. The van der Waals surface area contributed by atoms with Gasteiger partial charge < -0.3 is 4.90 Å². The normalized spacial score (nSPS) is 16.1. The summed E-state index contributed by atoms with van der Waals surface area (Å²) in [6, 6.07) is 3.21. The maximum Gasteiger partial charge on any atom is 0.266 e. The summed E-state index contributed by atoms with van der Waals surface area (Å²) in [6.45, 7) is 2.44. The Kier molecular flexibility index (Phi) is 4.15. The van der Waals surface area contributed by atoms with E-state index in [1.165, 1.54) is 0 Å². The molecule has 0 aliphatic carbocycles. The quantitative estimate of drug-likeness (QED) is 0.862. The van der Waals surface area contributed by atoms with Crippen molar-refractivity contribution in [1.82, 2.24) is 19.7 Å². The number of piperidine rings is 1. The van der Waals surface area contributed by atoms with Crippen molar-refractivity contribution in [2.45, 2.75) is 19.4 Å². The van der Waals surface area contributed by atoms with E-state index in [-0.39, 0.29) is 5.56 Å². The van der Waals surface area contributed by atoms with Crippen molar-refractivity contribution in [3.8, 4) is 0 Å². The first-order valence-corrected chi connectivity index (χ1v) is 7.35. The van der Waals surface area contributed by atoms with Crippen molar-refractivity contribution in [1.29, 1.82) is 0 Å². The third-order valence-electron chi connectivity index (χ3n) is 3.72. The van der Waals surface area contributed by atoms with Crippen LogP contribution in [-0.4, -0.2) is 32.8 Å². The van der Waals surface area contributed by atoms with Crippen LogP contribution in [0.4, 0.5) is 5.95 Å². The lowest BCUT2D eigenvalue weighted by Gasteiger charge is -2.31. The van der Waals surface area contributed by atoms with E-state index in [1.54, 1.807) is 35.4 Å². The van der Waals surface area contributed by atoms with E-state index in [2.05, 4.69) is 20.0 Å². The lowest BCUT2D eigenvalue weighted by Crippen LogP contribution is -2.37. The Hall–Kier alpha value is -1.95. The molecule has 6 nitrogen and oxygen atoms in total. The van der Waals surface area contributed by atoms with Crippen molar-refractivity contribution < 1.29 is 0 Å². The number of rotatable bonds is 3. The van der Waals surface area contributed by atoms with Gasteiger partial charge in [0.15, 0.2) is 0 Å². The van der Waals surface area contributed by atoms with Crippen LogP contribution >= 0.6 is 11.6 Å². The van der Waals surface area contributed by atoms with E-state index in [9.17, 15) is 4.79 Å². The van der Waals surface area contributed by atoms with Crippen molar-refractivity contribution in [2.24, 2.45) is 5.92 Å². The molecule has 7 heteroatoms. The minimum absolute atomic E-state index is 0.0408. The van der Waals surface area contributed by atoms with E-state index < -0.39 is 0 Å². The van der Waals surface area contributed by atoms with Crippen LogP contribution in [0.25, 0.3) is 0 Å². The SMILES string of the molecule is O=c1cccnn1CC1CCN(c2ncc(Cl)cn2)CC1. The highest BCUT2D eigenvalue weighted by molar-refractivity contribution is 6.30. The molecule has 1 aliphatic heterocycles. The topological polar surface area (TPSA) is 63.9 Å². The lowest BCUT2D eigenvalue weighted by molar-refractivity contribution is 0.333. The zero-order valence-electron chi connectivity index (χ0n) is 11.5. The number of aromatic nitrogens is 4. The molecule has 21 heavy (non-hydrogen) atoms. The molecular weight excluding hydrogens is 290 g/mol. The molecule has 0 spiro atoms. The van der Waals surface area contributed by atoms with Crippen molar-refractivity contribution in [3.05, 3.63) is 46.1 Å². The van der Waals surface area contributed by atoms with Gasteiger partial charge >= 0.3 is 0 Å². The Balaban J connectivity index is 1.59. The first-order chi connectivity index (χ1) is 10.2. The summed E-state index contributed by atoms with van der Waals surface area (Å²) in [5.41, 5.74) is -0.0408. The molecule has 1 aliphatic rings. The van der Waals surface area contributed by atoms with E-state index in [0.29, 0.717) is 23.4 Å². The summed E-state index contributed by atoms with van der Waals surface area (Å²) in [5.74, 6) is 1.18. The van der Waals surface area contributed by atoms with Crippen molar-refractivity contribution in [3.63, 3.8) is 0 Å². The Morgan fingerprint density at radius 2 is 1.95 bits per heavy atom. The van der Waals surface area contributed by atoms with Crippen LogP contribution in [0, 0.1) is 5.92 Å². The molecule has 0 N–H and O–H groups in total. The Labute approximate surface area is 127 Å². The molecule has 1 fully saturated rings. The maximum atomic E-state index is 11.7. The zero-order chi connectivity index (χ0) is 14.7. The predicted octanol–water partition coefficient (Wildman–Crippen LogP) is 1.60. The van der Waals surface area contributed by atoms with Crippen LogP contribution < -0.4 is 10.5 Å². The van der Waals surface area contributed by atoms with Crippen LogP contribution in [0.2, 0.25) is 5.02 Å². The van der Waals surface area contributed by atoms with Crippen LogP contribution in [0.1, 0.15) is 12.8 Å². The first-order valence-electron chi connectivity index (χ1n) is 6.97. The molecule has 3 rings (SSSR count). The zero-order valence-corrected chi connectivity index (χ0v) is 12.3. The summed E-state index contributed by atoms with van der Waals surface area (Å²) < 4.78 is 1.54. The van der Waals surface area contributed by atoms with Gasteiger partial charge in [-0.15, -0.1) is 0 Å². The monoisotopic (exact) mass is 305 g/mol. The summed E-state index contributed by atoms with van der Waals surface area (Å²) in [5, 5.41) is 4.66. The standard InChI is InChI=1S/C14H16ClN5O/c15-12-8-16-14(17-9-12)19-6-3-11(4-7-19)10-20-13(21)2-1-5-18-20/h1-2,5,8-9,11H,3-4,6-7,10H2. The van der Waals surface area contributed by atoms with Gasteiger partial charge in [0.1, 0.15) is 0 Å². The second-order valence-corrected chi connectivity index (χ2v) is 5.61. The summed E-state index contributed by atoms with van der Waals surface area (Å²) in [7, 11) is 0. The number of halogens is 1. The number of nitrogens with zero attached hydrogens (tertiary/aromatic N) is 5. The average Bonchev–Trinajstić information content (AvgIpc) is 2.51. The number of hydrogen-bond donors (Lipinski definition) is 0. The van der Waals surface area contributed by atoms with Gasteiger partial charge in [0.2, 0.25) is 5.95 Å². The molecule has 3 heterocycles. The fourth-order valence-corrected chi connectivity index (χ4v) is 2.65. The average molecular weight is 306 g/mol. The van der Waals surface area contributed by atoms with Crippen molar-refractivity contribution >= 4 is 17.5 Å². The van der Waals surface area contributed by atoms with Gasteiger partial charge in [0.05, 0.1) is 17.4 Å². The van der Waals surface area contributed by atoms with E-state index in [4.69, 9.17) is 11.6 Å². The minimum atomic E-state index is -0.0408. The highest BCUT2D eigenvalue weighted by Gasteiger charge is 2.21. The van der Waals surface area contributed by atoms with Gasteiger partial charge in [0.25, 0.3) is 5.56 Å². The third-order valence-corrected chi connectivity index (χ3v) is 3.92. The maximum absolute atomic E-state index is 11.7. The van der Waals surface area contributed by atoms with Crippen LogP contribution in [0.5, 0.6) is 0 Å². The molecule has 110 valence electrons. The molecule has 2 aromatic rings. The molecule has 0 saturated carbocycles. The fraction of sp³-hybridized carbons (Fsp3) is 0.429. The van der Waals surface area contributed by atoms with Crippen LogP contribution in [-0.2, 0) is 6.54 Å². The Morgan fingerprint density at radius 1 is 1.24 bits per heavy atom.